The zero-order valence-corrected chi connectivity index (χ0v) is 9.19. The first kappa shape index (κ1) is 12.0. The lowest BCUT2D eigenvalue weighted by molar-refractivity contribution is -0.111. The third kappa shape index (κ3) is 2.82. The Bertz CT molecular complexity index is 556. The summed E-state index contributed by atoms with van der Waals surface area (Å²) in [5.74, 6) is -1.82. The molecule has 5 heteroatoms. The number of anilines is 1. The van der Waals surface area contributed by atoms with E-state index in [1.54, 1.807) is 12.1 Å². The van der Waals surface area contributed by atoms with Crippen molar-refractivity contribution in [2.24, 2.45) is 0 Å². The molecule has 1 N–H and O–H groups in total. The molecule has 0 spiro atoms. The van der Waals surface area contributed by atoms with Crippen molar-refractivity contribution in [2.45, 2.75) is 0 Å². The van der Waals surface area contributed by atoms with Gasteiger partial charge in [-0.15, -0.1) is 0 Å². The molecule has 0 atom stereocenters. The average Bonchev–Trinajstić information content (AvgIpc) is 2.84. The monoisotopic (exact) mass is 249 g/mol. The molecule has 0 aliphatic carbocycles. The molecule has 3 nitrogen and oxygen atoms in total. The standard InChI is InChI=1S/C13H9F2NO2/c14-10-4-1-5-11(15)13(10)16-12(17)7-6-9-3-2-8-18-9/h1-8H,(H,16,17). The Morgan fingerprint density at radius 3 is 2.50 bits per heavy atom. The Hall–Kier alpha value is -2.43. The highest BCUT2D eigenvalue weighted by Gasteiger charge is 2.09. The first-order valence-electron chi connectivity index (χ1n) is 5.13. The maximum absolute atomic E-state index is 13.2. The van der Waals surface area contributed by atoms with Crippen LogP contribution in [0, 0.1) is 11.6 Å². The van der Waals surface area contributed by atoms with E-state index in [1.807, 2.05) is 0 Å². The predicted octanol–water partition coefficient (Wildman–Crippen LogP) is 3.21. The highest BCUT2D eigenvalue weighted by Crippen LogP contribution is 2.17. The van der Waals surface area contributed by atoms with Gasteiger partial charge in [-0.2, -0.15) is 0 Å². The number of rotatable bonds is 3. The van der Waals surface area contributed by atoms with Crippen LogP contribution < -0.4 is 5.32 Å². The van der Waals surface area contributed by atoms with Crippen molar-refractivity contribution < 1.29 is 18.0 Å². The number of benzene rings is 1. The molecule has 0 saturated carbocycles. The van der Waals surface area contributed by atoms with Gasteiger partial charge in [-0.05, 0) is 30.3 Å². The normalized spacial score (nSPS) is 10.8. The molecular weight excluding hydrogens is 240 g/mol. The molecule has 92 valence electrons. The van der Waals surface area contributed by atoms with Crippen molar-refractivity contribution in [3.8, 4) is 0 Å². The van der Waals surface area contributed by atoms with E-state index in [2.05, 4.69) is 5.32 Å². The number of hydrogen-bond donors (Lipinski definition) is 1. The fraction of sp³-hybridized carbons (Fsp3) is 0. The fourth-order valence-electron chi connectivity index (χ4n) is 1.33. The van der Waals surface area contributed by atoms with E-state index in [1.165, 1.54) is 18.4 Å². The number of furan rings is 1. The lowest BCUT2D eigenvalue weighted by Gasteiger charge is -2.04. The molecule has 18 heavy (non-hydrogen) atoms. The lowest BCUT2D eigenvalue weighted by atomic mass is 10.3. The minimum atomic E-state index is -0.824. The number of carbonyl (C=O) groups is 1. The van der Waals surface area contributed by atoms with Crippen LogP contribution in [-0.2, 0) is 4.79 Å². The second kappa shape index (κ2) is 5.27. The summed E-state index contributed by atoms with van der Waals surface area (Å²) in [4.78, 5) is 11.4. The summed E-state index contributed by atoms with van der Waals surface area (Å²) in [5.41, 5.74) is -0.466. The minimum Gasteiger partial charge on any atom is -0.465 e. The molecule has 0 fully saturated rings. The van der Waals surface area contributed by atoms with Crippen molar-refractivity contribution in [1.82, 2.24) is 0 Å². The predicted molar refractivity (Wildman–Crippen MR) is 62.7 cm³/mol. The Balaban J connectivity index is 2.08. The number of amides is 1. The third-order valence-electron chi connectivity index (χ3n) is 2.15. The second-order valence-corrected chi connectivity index (χ2v) is 3.43. The Kier molecular flexibility index (Phi) is 3.52. The molecule has 0 aliphatic rings. The van der Waals surface area contributed by atoms with Crippen LogP contribution in [-0.4, -0.2) is 5.91 Å². The van der Waals surface area contributed by atoms with E-state index in [4.69, 9.17) is 4.42 Å². The molecule has 0 radical (unpaired) electrons. The van der Waals surface area contributed by atoms with E-state index in [9.17, 15) is 13.6 Å². The molecular formula is C13H9F2NO2. The van der Waals surface area contributed by atoms with E-state index in [-0.39, 0.29) is 0 Å². The Morgan fingerprint density at radius 2 is 1.89 bits per heavy atom. The molecule has 0 bridgehead atoms. The van der Waals surface area contributed by atoms with Gasteiger partial charge >= 0.3 is 0 Å². The topological polar surface area (TPSA) is 42.2 Å². The van der Waals surface area contributed by atoms with Crippen LogP contribution in [0.15, 0.2) is 47.1 Å². The summed E-state index contributed by atoms with van der Waals surface area (Å²) in [5, 5.41) is 2.12. The minimum absolute atomic E-state index is 0.466. The van der Waals surface area contributed by atoms with Gasteiger partial charge in [0.25, 0.3) is 0 Å². The molecule has 0 aliphatic heterocycles. The van der Waals surface area contributed by atoms with Crippen LogP contribution in [0.3, 0.4) is 0 Å². The van der Waals surface area contributed by atoms with E-state index in [0.29, 0.717) is 5.76 Å². The van der Waals surface area contributed by atoms with Gasteiger partial charge in [-0.25, -0.2) is 8.78 Å². The fourth-order valence-corrected chi connectivity index (χ4v) is 1.33. The Morgan fingerprint density at radius 1 is 1.17 bits per heavy atom. The summed E-state index contributed by atoms with van der Waals surface area (Å²) in [6, 6.07) is 6.66. The van der Waals surface area contributed by atoms with Crippen LogP contribution >= 0.6 is 0 Å². The molecule has 1 amide bonds. The van der Waals surface area contributed by atoms with Crippen molar-refractivity contribution in [3.63, 3.8) is 0 Å². The summed E-state index contributed by atoms with van der Waals surface area (Å²) >= 11 is 0. The number of hydrogen-bond acceptors (Lipinski definition) is 2. The molecule has 0 saturated heterocycles. The number of halogens is 2. The summed E-state index contributed by atoms with van der Waals surface area (Å²) in [7, 11) is 0. The lowest BCUT2D eigenvalue weighted by Crippen LogP contribution is -2.10. The third-order valence-corrected chi connectivity index (χ3v) is 2.15. The molecule has 0 unspecified atom stereocenters. The van der Waals surface area contributed by atoms with E-state index in [0.717, 1.165) is 18.2 Å². The van der Waals surface area contributed by atoms with Crippen molar-refractivity contribution in [2.75, 3.05) is 5.32 Å². The number of para-hydroxylation sites is 1. The highest BCUT2D eigenvalue weighted by atomic mass is 19.1. The van der Waals surface area contributed by atoms with E-state index >= 15 is 0 Å². The van der Waals surface area contributed by atoms with Gasteiger partial charge in [-0.3, -0.25) is 4.79 Å². The zero-order chi connectivity index (χ0) is 13.0. The van der Waals surface area contributed by atoms with Gasteiger partial charge in [0, 0.05) is 6.08 Å². The number of carbonyl (C=O) groups excluding carboxylic acids is 1. The molecule has 2 rings (SSSR count). The van der Waals surface area contributed by atoms with Gasteiger partial charge in [0.2, 0.25) is 5.91 Å². The van der Waals surface area contributed by atoms with Crippen molar-refractivity contribution in [1.29, 1.82) is 0 Å². The van der Waals surface area contributed by atoms with Crippen molar-refractivity contribution in [3.05, 3.63) is 60.1 Å². The van der Waals surface area contributed by atoms with Gasteiger partial charge in [-0.1, -0.05) is 6.07 Å². The van der Waals surface area contributed by atoms with Crippen LogP contribution in [0.4, 0.5) is 14.5 Å². The van der Waals surface area contributed by atoms with Gasteiger partial charge < -0.3 is 9.73 Å². The van der Waals surface area contributed by atoms with E-state index < -0.39 is 23.2 Å². The smallest absolute Gasteiger partial charge is 0.248 e. The summed E-state index contributed by atoms with van der Waals surface area (Å²) < 4.78 is 31.4. The molecule has 1 heterocycles. The second-order valence-electron chi connectivity index (χ2n) is 3.43. The van der Waals surface area contributed by atoms with Gasteiger partial charge in [0.05, 0.1) is 6.26 Å². The largest absolute Gasteiger partial charge is 0.465 e. The average molecular weight is 249 g/mol. The SMILES string of the molecule is O=C(C=Cc1ccco1)Nc1c(F)cccc1F. The quantitative estimate of drug-likeness (QED) is 0.849. The summed E-state index contributed by atoms with van der Waals surface area (Å²) in [6.07, 6.45) is 3.98. The molecule has 1 aromatic carbocycles. The Labute approximate surface area is 102 Å². The van der Waals surface area contributed by atoms with Crippen LogP contribution in [0.2, 0.25) is 0 Å². The summed E-state index contributed by atoms with van der Waals surface area (Å²) in [6.45, 7) is 0. The maximum Gasteiger partial charge on any atom is 0.248 e. The first-order valence-corrected chi connectivity index (χ1v) is 5.13. The van der Waals surface area contributed by atoms with Gasteiger partial charge in [0.15, 0.2) is 0 Å². The zero-order valence-electron chi connectivity index (χ0n) is 9.19. The first-order chi connectivity index (χ1) is 8.66. The number of nitrogens with one attached hydrogen (secondary N) is 1. The molecule has 2 aromatic rings. The highest BCUT2D eigenvalue weighted by molar-refractivity contribution is 6.01. The van der Waals surface area contributed by atoms with Crippen LogP contribution in [0.25, 0.3) is 6.08 Å². The molecule has 1 aromatic heterocycles. The van der Waals surface area contributed by atoms with Crippen LogP contribution in [0.1, 0.15) is 5.76 Å². The van der Waals surface area contributed by atoms with Gasteiger partial charge in [0.1, 0.15) is 23.1 Å². The maximum atomic E-state index is 13.2. The van der Waals surface area contributed by atoms with Crippen molar-refractivity contribution >= 4 is 17.7 Å². The van der Waals surface area contributed by atoms with Crippen LogP contribution in [0.5, 0.6) is 0 Å².